The van der Waals surface area contributed by atoms with Gasteiger partial charge in [-0.05, 0) is 51.3 Å². The van der Waals surface area contributed by atoms with Crippen molar-refractivity contribution in [2.45, 2.75) is 51.0 Å². The first-order valence-corrected chi connectivity index (χ1v) is 8.09. The highest BCUT2D eigenvalue weighted by molar-refractivity contribution is 5.29. The van der Waals surface area contributed by atoms with Crippen LogP contribution in [0.2, 0.25) is 0 Å². The molecule has 0 bridgehead atoms. The number of aromatic nitrogens is 3. The van der Waals surface area contributed by atoms with Gasteiger partial charge in [0.25, 0.3) is 0 Å². The van der Waals surface area contributed by atoms with Crippen LogP contribution in [0.4, 0.5) is 0 Å². The molecule has 3 rings (SSSR count). The van der Waals surface area contributed by atoms with Crippen LogP contribution in [0, 0.1) is 0 Å². The molecule has 0 atom stereocenters. The maximum Gasteiger partial charge on any atom is 0.155 e. The Hall–Kier alpha value is -1.88. The molecule has 23 heavy (non-hydrogen) atoms. The summed E-state index contributed by atoms with van der Waals surface area (Å²) < 4.78 is 7.19. The zero-order valence-electron chi connectivity index (χ0n) is 14.3. The molecule has 1 aliphatic carbocycles. The Bertz CT molecular complexity index is 679. The van der Waals surface area contributed by atoms with Crippen LogP contribution in [0.5, 0.6) is 5.75 Å². The number of aliphatic hydroxyl groups excluding tert-OH is 1. The van der Waals surface area contributed by atoms with E-state index >= 15 is 0 Å². The third-order valence-electron chi connectivity index (χ3n) is 4.44. The Labute approximate surface area is 137 Å². The molecule has 1 fully saturated rings. The van der Waals surface area contributed by atoms with Crippen LogP contribution in [-0.4, -0.2) is 33.6 Å². The number of hydrogen-bond acceptors (Lipinski definition) is 4. The Morgan fingerprint density at radius 3 is 2.35 bits per heavy atom. The van der Waals surface area contributed by atoms with Crippen molar-refractivity contribution in [3.8, 4) is 5.75 Å². The molecule has 0 radical (unpaired) electrons. The molecule has 1 saturated carbocycles. The van der Waals surface area contributed by atoms with Gasteiger partial charge >= 0.3 is 0 Å². The third-order valence-corrected chi connectivity index (χ3v) is 4.44. The van der Waals surface area contributed by atoms with Gasteiger partial charge < -0.3 is 9.84 Å². The van der Waals surface area contributed by atoms with Crippen molar-refractivity contribution in [3.05, 3.63) is 41.5 Å². The van der Waals surface area contributed by atoms with Crippen molar-refractivity contribution in [1.82, 2.24) is 14.8 Å². The van der Waals surface area contributed by atoms with Crippen molar-refractivity contribution >= 4 is 0 Å². The number of aliphatic hydroxyl groups is 1. The molecule has 1 N–H and O–H groups in total. The van der Waals surface area contributed by atoms with Gasteiger partial charge in [-0.1, -0.05) is 12.1 Å². The minimum Gasteiger partial charge on any atom is -0.497 e. The standard InChI is InChI=1S/C18H25N3O2/c1-17(2,3)21-16(18(12-22)9-10-18)19-15(20-21)11-13-5-7-14(23-4)8-6-13/h5-8,22H,9-12H2,1-4H3. The molecule has 0 saturated heterocycles. The van der Waals surface area contributed by atoms with Gasteiger partial charge in [-0.15, -0.1) is 0 Å². The van der Waals surface area contributed by atoms with Crippen molar-refractivity contribution < 1.29 is 9.84 Å². The Balaban J connectivity index is 1.91. The topological polar surface area (TPSA) is 60.2 Å². The molecule has 1 aromatic heterocycles. The van der Waals surface area contributed by atoms with E-state index in [1.54, 1.807) is 7.11 Å². The van der Waals surface area contributed by atoms with Crippen LogP contribution in [-0.2, 0) is 17.4 Å². The number of nitrogens with zero attached hydrogens (tertiary/aromatic N) is 3. The average Bonchev–Trinajstić information content (AvgIpc) is 3.20. The van der Waals surface area contributed by atoms with Gasteiger partial charge in [-0.2, -0.15) is 5.10 Å². The first-order chi connectivity index (χ1) is 10.9. The highest BCUT2D eigenvalue weighted by Gasteiger charge is 2.49. The van der Waals surface area contributed by atoms with E-state index in [-0.39, 0.29) is 17.6 Å². The van der Waals surface area contributed by atoms with Crippen LogP contribution in [0.15, 0.2) is 24.3 Å². The largest absolute Gasteiger partial charge is 0.497 e. The van der Waals surface area contributed by atoms with Crippen molar-refractivity contribution in [2.24, 2.45) is 0 Å². The van der Waals surface area contributed by atoms with Crippen LogP contribution in [0.25, 0.3) is 0 Å². The zero-order chi connectivity index (χ0) is 16.7. The van der Waals surface area contributed by atoms with Crippen molar-refractivity contribution in [1.29, 1.82) is 0 Å². The predicted molar refractivity (Wildman–Crippen MR) is 88.8 cm³/mol. The molecule has 5 heteroatoms. The molecule has 1 aromatic carbocycles. The normalized spacial score (nSPS) is 16.4. The number of rotatable bonds is 5. The van der Waals surface area contributed by atoms with E-state index < -0.39 is 0 Å². The predicted octanol–water partition coefficient (Wildman–Crippen LogP) is 2.66. The van der Waals surface area contributed by atoms with Gasteiger partial charge in [0, 0.05) is 6.42 Å². The SMILES string of the molecule is COc1ccc(Cc2nc(C3(CO)CC3)n(C(C)(C)C)n2)cc1. The van der Waals surface area contributed by atoms with Crippen molar-refractivity contribution in [2.75, 3.05) is 13.7 Å². The van der Waals surface area contributed by atoms with Crippen molar-refractivity contribution in [3.63, 3.8) is 0 Å². The number of benzene rings is 1. The fourth-order valence-electron chi connectivity index (χ4n) is 2.77. The molecule has 5 nitrogen and oxygen atoms in total. The van der Waals surface area contributed by atoms with Gasteiger partial charge in [0.15, 0.2) is 5.82 Å². The molecule has 1 aliphatic rings. The summed E-state index contributed by atoms with van der Waals surface area (Å²) in [6, 6.07) is 7.98. The highest BCUT2D eigenvalue weighted by atomic mass is 16.5. The maximum absolute atomic E-state index is 9.76. The molecule has 1 heterocycles. The lowest BCUT2D eigenvalue weighted by molar-refractivity contribution is 0.234. The maximum atomic E-state index is 9.76. The van der Waals surface area contributed by atoms with Gasteiger partial charge in [0.05, 0.1) is 24.7 Å². The monoisotopic (exact) mass is 315 g/mol. The second-order valence-corrected chi connectivity index (χ2v) is 7.40. The van der Waals surface area contributed by atoms with Crippen LogP contribution in [0.3, 0.4) is 0 Å². The highest BCUT2D eigenvalue weighted by Crippen LogP contribution is 2.47. The van der Waals surface area contributed by atoms with Crippen LogP contribution in [0.1, 0.15) is 50.8 Å². The summed E-state index contributed by atoms with van der Waals surface area (Å²) in [7, 11) is 1.66. The summed E-state index contributed by atoms with van der Waals surface area (Å²) in [5.41, 5.74) is 0.821. The second-order valence-electron chi connectivity index (χ2n) is 7.40. The minimum atomic E-state index is -0.182. The molecular formula is C18H25N3O2. The van der Waals surface area contributed by atoms with E-state index in [2.05, 4.69) is 20.8 Å². The van der Waals surface area contributed by atoms with E-state index in [0.717, 1.165) is 35.8 Å². The fourth-order valence-corrected chi connectivity index (χ4v) is 2.77. The lowest BCUT2D eigenvalue weighted by Crippen LogP contribution is -2.30. The Morgan fingerprint density at radius 2 is 1.87 bits per heavy atom. The molecule has 2 aromatic rings. The molecule has 124 valence electrons. The van der Waals surface area contributed by atoms with E-state index in [1.807, 2.05) is 28.9 Å². The summed E-state index contributed by atoms with van der Waals surface area (Å²) in [5, 5.41) is 14.5. The summed E-state index contributed by atoms with van der Waals surface area (Å²) in [5.74, 6) is 2.58. The quantitative estimate of drug-likeness (QED) is 0.921. The van der Waals surface area contributed by atoms with Gasteiger partial charge in [0.2, 0.25) is 0 Å². The third kappa shape index (κ3) is 3.11. The lowest BCUT2D eigenvalue weighted by Gasteiger charge is -2.24. The molecule has 0 spiro atoms. The number of ether oxygens (including phenoxy) is 1. The summed E-state index contributed by atoms with van der Waals surface area (Å²) in [4.78, 5) is 4.78. The fraction of sp³-hybridized carbons (Fsp3) is 0.556. The smallest absolute Gasteiger partial charge is 0.155 e. The molecule has 0 amide bonds. The second kappa shape index (κ2) is 5.64. The van der Waals surface area contributed by atoms with Crippen LogP contribution >= 0.6 is 0 Å². The van der Waals surface area contributed by atoms with Gasteiger partial charge in [-0.25, -0.2) is 9.67 Å². The first kappa shape index (κ1) is 16.0. The molecule has 0 aliphatic heterocycles. The summed E-state index contributed by atoms with van der Waals surface area (Å²) >= 11 is 0. The van der Waals surface area contributed by atoms with Crippen LogP contribution < -0.4 is 4.74 Å². The average molecular weight is 315 g/mol. The van der Waals surface area contributed by atoms with E-state index in [4.69, 9.17) is 14.8 Å². The summed E-state index contributed by atoms with van der Waals surface area (Å²) in [6.07, 6.45) is 2.65. The van der Waals surface area contributed by atoms with E-state index in [9.17, 15) is 5.11 Å². The molecule has 0 unspecified atom stereocenters. The number of methoxy groups -OCH3 is 1. The Morgan fingerprint density at radius 1 is 1.22 bits per heavy atom. The number of hydrogen-bond donors (Lipinski definition) is 1. The summed E-state index contributed by atoms with van der Waals surface area (Å²) in [6.45, 7) is 6.51. The molecular weight excluding hydrogens is 290 g/mol. The lowest BCUT2D eigenvalue weighted by atomic mass is 10.0. The zero-order valence-corrected chi connectivity index (χ0v) is 14.3. The first-order valence-electron chi connectivity index (χ1n) is 8.09. The van der Waals surface area contributed by atoms with Gasteiger partial charge in [-0.3, -0.25) is 0 Å². The Kier molecular flexibility index (Phi) is 3.92. The van der Waals surface area contributed by atoms with E-state index in [1.165, 1.54) is 0 Å². The van der Waals surface area contributed by atoms with E-state index in [0.29, 0.717) is 6.42 Å². The van der Waals surface area contributed by atoms with Gasteiger partial charge in [0.1, 0.15) is 11.6 Å². The minimum absolute atomic E-state index is 0.143.